The van der Waals surface area contributed by atoms with Gasteiger partial charge in [0, 0.05) is 5.38 Å². The molecule has 0 fully saturated rings. The molecule has 0 aliphatic rings. The molecule has 0 aliphatic heterocycles. The maximum absolute atomic E-state index is 12.2. The van der Waals surface area contributed by atoms with Crippen molar-refractivity contribution in [2.24, 2.45) is 0 Å². The van der Waals surface area contributed by atoms with Gasteiger partial charge < -0.3 is 0 Å². The molecule has 0 spiro atoms. The van der Waals surface area contributed by atoms with Crippen molar-refractivity contribution in [3.05, 3.63) is 51.5 Å². The molecule has 2 aromatic rings. The monoisotopic (exact) mass is 310 g/mol. The summed E-state index contributed by atoms with van der Waals surface area (Å²) in [6.07, 6.45) is 0. The van der Waals surface area contributed by atoms with Crippen LogP contribution in [-0.2, 0) is 15.8 Å². The van der Waals surface area contributed by atoms with Crippen molar-refractivity contribution in [1.82, 2.24) is 9.71 Å². The molecule has 4 nitrogen and oxygen atoms in total. The van der Waals surface area contributed by atoms with E-state index in [1.807, 2.05) is 50.4 Å². The van der Waals surface area contributed by atoms with Crippen LogP contribution in [0.3, 0.4) is 0 Å². The van der Waals surface area contributed by atoms with Crippen LogP contribution in [0.1, 0.15) is 34.8 Å². The Morgan fingerprint density at radius 2 is 2.10 bits per heavy atom. The summed E-state index contributed by atoms with van der Waals surface area (Å²) in [6.45, 7) is 5.66. The van der Waals surface area contributed by atoms with E-state index in [1.54, 1.807) is 0 Å². The minimum atomic E-state index is -3.37. The zero-order chi connectivity index (χ0) is 14.8. The van der Waals surface area contributed by atoms with Gasteiger partial charge in [0.15, 0.2) is 0 Å². The molecule has 0 bridgehead atoms. The topological polar surface area (TPSA) is 59.1 Å². The van der Waals surface area contributed by atoms with E-state index >= 15 is 0 Å². The number of aromatic nitrogens is 1. The average molecular weight is 310 g/mol. The van der Waals surface area contributed by atoms with E-state index in [9.17, 15) is 8.42 Å². The van der Waals surface area contributed by atoms with Gasteiger partial charge in [-0.25, -0.2) is 18.1 Å². The highest BCUT2D eigenvalue weighted by atomic mass is 32.2. The molecule has 6 heteroatoms. The molecule has 1 heterocycles. The van der Waals surface area contributed by atoms with E-state index in [4.69, 9.17) is 0 Å². The Bertz CT molecular complexity index is 693. The van der Waals surface area contributed by atoms with E-state index < -0.39 is 10.0 Å². The number of thiazole rings is 1. The number of hydrogen-bond donors (Lipinski definition) is 1. The van der Waals surface area contributed by atoms with Crippen LogP contribution in [0.4, 0.5) is 0 Å². The van der Waals surface area contributed by atoms with Crippen molar-refractivity contribution in [2.45, 2.75) is 32.6 Å². The Morgan fingerprint density at radius 1 is 1.35 bits per heavy atom. The molecule has 1 atom stereocenters. The summed E-state index contributed by atoms with van der Waals surface area (Å²) < 4.78 is 27.0. The summed E-state index contributed by atoms with van der Waals surface area (Å²) in [6, 6.07) is 7.22. The number of nitrogens with one attached hydrogen (secondary N) is 1. The summed E-state index contributed by atoms with van der Waals surface area (Å²) >= 11 is 1.52. The third-order valence-electron chi connectivity index (χ3n) is 2.88. The molecule has 2 rings (SSSR count). The Morgan fingerprint density at radius 3 is 2.70 bits per heavy atom. The standard InChI is InChI=1S/C14H18N2O2S2/c1-10-5-4-6-13(7-10)9-20(17,18)16-11(2)14-8-19-12(3)15-14/h4-8,11,16H,9H2,1-3H3/t11-/m0/s1. The Kier molecular flexibility index (Phi) is 4.57. The molecule has 0 unspecified atom stereocenters. The number of aryl methyl sites for hydroxylation is 2. The molecule has 0 saturated heterocycles. The molecule has 1 aromatic heterocycles. The zero-order valence-electron chi connectivity index (χ0n) is 11.8. The van der Waals surface area contributed by atoms with E-state index in [0.717, 1.165) is 21.8 Å². The Hall–Kier alpha value is -1.24. The summed E-state index contributed by atoms with van der Waals surface area (Å²) in [7, 11) is -3.37. The number of rotatable bonds is 5. The van der Waals surface area contributed by atoms with Crippen molar-refractivity contribution < 1.29 is 8.42 Å². The van der Waals surface area contributed by atoms with Crippen molar-refractivity contribution in [3.63, 3.8) is 0 Å². The first kappa shape index (κ1) is 15.2. The van der Waals surface area contributed by atoms with Gasteiger partial charge in [-0.05, 0) is 26.3 Å². The molecule has 108 valence electrons. The van der Waals surface area contributed by atoms with Crippen molar-refractivity contribution in [1.29, 1.82) is 0 Å². The van der Waals surface area contributed by atoms with Crippen LogP contribution in [0.5, 0.6) is 0 Å². The van der Waals surface area contributed by atoms with Crippen LogP contribution in [-0.4, -0.2) is 13.4 Å². The summed E-state index contributed by atoms with van der Waals surface area (Å²) in [5, 5.41) is 2.82. The molecule has 1 aromatic carbocycles. The van der Waals surface area contributed by atoms with Crippen LogP contribution in [0.2, 0.25) is 0 Å². The second-order valence-corrected chi connectivity index (χ2v) is 7.70. The first-order valence-corrected chi connectivity index (χ1v) is 8.86. The molecule has 0 radical (unpaired) electrons. The van der Waals surface area contributed by atoms with Crippen LogP contribution >= 0.6 is 11.3 Å². The number of sulfonamides is 1. The normalized spacial score (nSPS) is 13.3. The van der Waals surface area contributed by atoms with Gasteiger partial charge in [-0.15, -0.1) is 11.3 Å². The highest BCUT2D eigenvalue weighted by molar-refractivity contribution is 7.88. The van der Waals surface area contributed by atoms with Gasteiger partial charge >= 0.3 is 0 Å². The quantitative estimate of drug-likeness (QED) is 0.923. The molecular formula is C14H18N2O2S2. The van der Waals surface area contributed by atoms with Gasteiger partial charge in [0.2, 0.25) is 10.0 Å². The van der Waals surface area contributed by atoms with Gasteiger partial charge in [0.1, 0.15) is 0 Å². The molecule has 20 heavy (non-hydrogen) atoms. The fourth-order valence-corrected chi connectivity index (χ4v) is 4.04. The summed E-state index contributed by atoms with van der Waals surface area (Å²) in [5.41, 5.74) is 2.61. The Labute approximate surface area is 123 Å². The SMILES string of the molecule is Cc1cccc(CS(=O)(=O)N[C@@H](C)c2csc(C)n2)c1. The van der Waals surface area contributed by atoms with Crippen LogP contribution in [0, 0.1) is 13.8 Å². The van der Waals surface area contributed by atoms with E-state index in [1.165, 1.54) is 11.3 Å². The van der Waals surface area contributed by atoms with Gasteiger partial charge in [-0.3, -0.25) is 0 Å². The van der Waals surface area contributed by atoms with Crippen LogP contribution in [0.25, 0.3) is 0 Å². The lowest BCUT2D eigenvalue weighted by Gasteiger charge is -2.12. The smallest absolute Gasteiger partial charge is 0.216 e. The predicted octanol–water partition coefficient (Wildman–Crippen LogP) is 2.94. The summed E-state index contributed by atoms with van der Waals surface area (Å²) in [5.74, 6) is -0.0118. The summed E-state index contributed by atoms with van der Waals surface area (Å²) in [4.78, 5) is 4.31. The number of nitrogens with zero attached hydrogens (tertiary/aromatic N) is 1. The van der Waals surface area contributed by atoms with Gasteiger partial charge in [0.05, 0.1) is 22.5 Å². The maximum atomic E-state index is 12.2. The van der Waals surface area contributed by atoms with E-state index in [2.05, 4.69) is 9.71 Å². The second-order valence-electron chi connectivity index (χ2n) is 4.88. The minimum Gasteiger partial charge on any atom is -0.245 e. The fraction of sp³-hybridized carbons (Fsp3) is 0.357. The van der Waals surface area contributed by atoms with Crippen molar-refractivity contribution in [2.75, 3.05) is 0 Å². The molecular weight excluding hydrogens is 292 g/mol. The van der Waals surface area contributed by atoms with Crippen LogP contribution < -0.4 is 4.72 Å². The lowest BCUT2D eigenvalue weighted by molar-refractivity contribution is 0.563. The number of benzene rings is 1. The van der Waals surface area contributed by atoms with Crippen molar-refractivity contribution >= 4 is 21.4 Å². The van der Waals surface area contributed by atoms with Gasteiger partial charge in [-0.2, -0.15) is 0 Å². The second kappa shape index (κ2) is 6.03. The molecule has 0 amide bonds. The minimum absolute atomic E-state index is 0.0118. The highest BCUT2D eigenvalue weighted by Gasteiger charge is 2.18. The average Bonchev–Trinajstić information content (AvgIpc) is 2.74. The van der Waals surface area contributed by atoms with Gasteiger partial charge in [0.25, 0.3) is 0 Å². The first-order chi connectivity index (χ1) is 9.35. The fourth-order valence-electron chi connectivity index (χ4n) is 1.97. The maximum Gasteiger partial charge on any atom is 0.216 e. The zero-order valence-corrected chi connectivity index (χ0v) is 13.4. The molecule has 0 saturated carbocycles. The first-order valence-electron chi connectivity index (χ1n) is 6.33. The van der Waals surface area contributed by atoms with E-state index in [-0.39, 0.29) is 11.8 Å². The third kappa shape index (κ3) is 4.13. The predicted molar refractivity (Wildman–Crippen MR) is 82.2 cm³/mol. The number of hydrogen-bond acceptors (Lipinski definition) is 4. The van der Waals surface area contributed by atoms with Gasteiger partial charge in [-0.1, -0.05) is 29.8 Å². The van der Waals surface area contributed by atoms with Crippen LogP contribution in [0.15, 0.2) is 29.6 Å². The largest absolute Gasteiger partial charge is 0.245 e. The van der Waals surface area contributed by atoms with Crippen molar-refractivity contribution in [3.8, 4) is 0 Å². The Balaban J connectivity index is 2.07. The molecule has 1 N–H and O–H groups in total. The lowest BCUT2D eigenvalue weighted by Crippen LogP contribution is -2.28. The lowest BCUT2D eigenvalue weighted by atomic mass is 10.2. The third-order valence-corrected chi connectivity index (χ3v) is 5.09. The highest BCUT2D eigenvalue weighted by Crippen LogP contribution is 2.17. The van der Waals surface area contributed by atoms with E-state index in [0.29, 0.717) is 0 Å². The molecule has 0 aliphatic carbocycles.